The number of aryl methyl sites for hydroxylation is 1. The number of pyridine rings is 1. The average Bonchev–Trinajstić information content (AvgIpc) is 3.29. The highest BCUT2D eigenvalue weighted by Gasteiger charge is 2.22. The largest absolute Gasteiger partial charge is 0.411 e. The van der Waals surface area contributed by atoms with E-state index in [0.717, 1.165) is 52.1 Å². The van der Waals surface area contributed by atoms with Crippen LogP contribution in [0.25, 0.3) is 28.0 Å². The third kappa shape index (κ3) is 2.19. The number of nitrogens with zero attached hydrogens (tertiary/aromatic N) is 5. The zero-order valence-corrected chi connectivity index (χ0v) is 13.9. The molecule has 0 spiro atoms. The topological polar surface area (TPSA) is 75.7 Å². The Morgan fingerprint density at radius 2 is 1.88 bits per heavy atom. The van der Waals surface area contributed by atoms with Gasteiger partial charge in [0.1, 0.15) is 5.69 Å². The van der Waals surface area contributed by atoms with Gasteiger partial charge in [0.25, 0.3) is 0 Å². The van der Waals surface area contributed by atoms with Crippen molar-refractivity contribution in [2.75, 3.05) is 0 Å². The molecule has 1 aliphatic carbocycles. The zero-order chi connectivity index (χ0) is 17.5. The highest BCUT2D eigenvalue weighted by molar-refractivity contribution is 6.05. The zero-order valence-electron chi connectivity index (χ0n) is 13.9. The van der Waals surface area contributed by atoms with Gasteiger partial charge >= 0.3 is 0 Å². The Bertz CT molecular complexity index is 1150. The van der Waals surface area contributed by atoms with Crippen LogP contribution >= 0.6 is 0 Å². The standard InChI is InChI=1S/C20H15N5O/c26-24-17-5-3-14-12-15(2-4-16(14)17)18-19(13-6-9-21-10-7-13)23-25-11-1-8-22-20(18)25/h1-2,4,6-12,26H,3,5H2. The summed E-state index contributed by atoms with van der Waals surface area (Å²) in [5, 5.41) is 17.3. The SMILES string of the molecule is ON=C1CCc2cc(-c3c(-c4ccncc4)nn4cccnc34)ccc21. The van der Waals surface area contributed by atoms with Crippen molar-refractivity contribution in [3.63, 3.8) is 0 Å². The molecule has 4 aromatic rings. The van der Waals surface area contributed by atoms with E-state index in [2.05, 4.69) is 21.2 Å². The van der Waals surface area contributed by atoms with Gasteiger partial charge in [-0.25, -0.2) is 9.50 Å². The Morgan fingerprint density at radius 1 is 1.00 bits per heavy atom. The maximum absolute atomic E-state index is 9.16. The minimum absolute atomic E-state index is 0.749. The van der Waals surface area contributed by atoms with Gasteiger partial charge in [-0.2, -0.15) is 5.10 Å². The van der Waals surface area contributed by atoms with Crippen LogP contribution < -0.4 is 0 Å². The summed E-state index contributed by atoms with van der Waals surface area (Å²) >= 11 is 0. The fourth-order valence-corrected chi connectivity index (χ4v) is 3.59. The first-order chi connectivity index (χ1) is 12.8. The average molecular weight is 341 g/mol. The van der Waals surface area contributed by atoms with E-state index in [0.29, 0.717) is 0 Å². The van der Waals surface area contributed by atoms with E-state index in [-0.39, 0.29) is 0 Å². The van der Waals surface area contributed by atoms with Crippen LogP contribution in [0.2, 0.25) is 0 Å². The molecule has 1 N–H and O–H groups in total. The van der Waals surface area contributed by atoms with E-state index < -0.39 is 0 Å². The maximum atomic E-state index is 9.16. The molecule has 0 atom stereocenters. The second-order valence-corrected chi connectivity index (χ2v) is 6.27. The first-order valence-electron chi connectivity index (χ1n) is 8.43. The van der Waals surface area contributed by atoms with Crippen molar-refractivity contribution in [3.05, 3.63) is 72.3 Å². The molecule has 0 aliphatic heterocycles. The van der Waals surface area contributed by atoms with E-state index in [1.165, 1.54) is 5.56 Å². The highest BCUT2D eigenvalue weighted by Crippen LogP contribution is 2.36. The summed E-state index contributed by atoms with van der Waals surface area (Å²) in [6, 6.07) is 12.0. The first kappa shape index (κ1) is 14.8. The lowest BCUT2D eigenvalue weighted by atomic mass is 9.98. The molecule has 0 saturated heterocycles. The quantitative estimate of drug-likeness (QED) is 0.447. The van der Waals surface area contributed by atoms with Gasteiger partial charge in [-0.1, -0.05) is 23.4 Å². The van der Waals surface area contributed by atoms with Crippen molar-refractivity contribution < 1.29 is 5.21 Å². The molecule has 0 bridgehead atoms. The molecule has 0 saturated carbocycles. The molecule has 1 aliphatic rings. The number of rotatable bonds is 2. The summed E-state index contributed by atoms with van der Waals surface area (Å²) in [5.41, 5.74) is 7.70. The molecule has 3 aromatic heterocycles. The van der Waals surface area contributed by atoms with Crippen LogP contribution in [0.4, 0.5) is 0 Å². The predicted octanol–water partition coefficient (Wildman–Crippen LogP) is 3.58. The second kappa shape index (κ2) is 5.77. The summed E-state index contributed by atoms with van der Waals surface area (Å²) in [4.78, 5) is 8.65. The van der Waals surface area contributed by atoms with Crippen LogP contribution in [-0.4, -0.2) is 30.5 Å². The van der Waals surface area contributed by atoms with E-state index in [4.69, 9.17) is 10.3 Å². The van der Waals surface area contributed by atoms with Crippen LogP contribution in [0.1, 0.15) is 17.5 Å². The van der Waals surface area contributed by atoms with Gasteiger partial charge in [-0.15, -0.1) is 0 Å². The van der Waals surface area contributed by atoms with Crippen molar-refractivity contribution in [1.82, 2.24) is 19.6 Å². The molecule has 126 valence electrons. The van der Waals surface area contributed by atoms with Gasteiger partial charge in [0, 0.05) is 35.9 Å². The minimum Gasteiger partial charge on any atom is -0.411 e. The van der Waals surface area contributed by atoms with Crippen molar-refractivity contribution in [1.29, 1.82) is 0 Å². The Morgan fingerprint density at radius 3 is 2.73 bits per heavy atom. The molecule has 26 heavy (non-hydrogen) atoms. The van der Waals surface area contributed by atoms with E-state index >= 15 is 0 Å². The monoisotopic (exact) mass is 341 g/mol. The summed E-state index contributed by atoms with van der Waals surface area (Å²) < 4.78 is 1.80. The molecular weight excluding hydrogens is 326 g/mol. The number of aromatic nitrogens is 4. The molecule has 0 fully saturated rings. The fraction of sp³-hybridized carbons (Fsp3) is 0.100. The lowest BCUT2D eigenvalue weighted by Crippen LogP contribution is -1.94. The number of hydrogen-bond acceptors (Lipinski definition) is 5. The van der Waals surface area contributed by atoms with Gasteiger partial charge in [-0.3, -0.25) is 4.98 Å². The molecule has 1 aromatic carbocycles. The van der Waals surface area contributed by atoms with Gasteiger partial charge in [0.05, 0.1) is 11.3 Å². The van der Waals surface area contributed by atoms with Gasteiger partial charge in [0.15, 0.2) is 5.65 Å². The minimum atomic E-state index is 0.749. The van der Waals surface area contributed by atoms with Crippen LogP contribution in [0, 0.1) is 0 Å². The second-order valence-electron chi connectivity index (χ2n) is 6.27. The smallest absolute Gasteiger partial charge is 0.163 e. The number of fused-ring (bicyclic) bond motifs is 2. The predicted molar refractivity (Wildman–Crippen MR) is 98.3 cm³/mol. The van der Waals surface area contributed by atoms with Gasteiger partial charge in [-0.05, 0) is 42.2 Å². The van der Waals surface area contributed by atoms with Crippen molar-refractivity contribution in [3.8, 4) is 22.4 Å². The molecule has 0 unspecified atom stereocenters. The number of oxime groups is 1. The van der Waals surface area contributed by atoms with Crippen LogP contribution in [0.15, 0.2) is 66.3 Å². The normalized spacial score (nSPS) is 14.8. The number of hydrogen-bond donors (Lipinski definition) is 1. The molecule has 0 radical (unpaired) electrons. The van der Waals surface area contributed by atoms with E-state index in [1.54, 1.807) is 23.1 Å². The lowest BCUT2D eigenvalue weighted by Gasteiger charge is -2.06. The molecule has 3 heterocycles. The maximum Gasteiger partial charge on any atom is 0.163 e. The summed E-state index contributed by atoms with van der Waals surface area (Å²) in [6.45, 7) is 0. The third-order valence-corrected chi connectivity index (χ3v) is 4.81. The highest BCUT2D eigenvalue weighted by atomic mass is 16.4. The summed E-state index contributed by atoms with van der Waals surface area (Å²) in [7, 11) is 0. The number of benzene rings is 1. The van der Waals surface area contributed by atoms with Crippen LogP contribution in [0.5, 0.6) is 0 Å². The van der Waals surface area contributed by atoms with Gasteiger partial charge in [0.2, 0.25) is 0 Å². The van der Waals surface area contributed by atoms with Crippen LogP contribution in [0.3, 0.4) is 0 Å². The Labute approximate surface area is 149 Å². The van der Waals surface area contributed by atoms with Gasteiger partial charge < -0.3 is 5.21 Å². The molecular formula is C20H15N5O. The molecule has 5 rings (SSSR count). The van der Waals surface area contributed by atoms with E-state index in [9.17, 15) is 0 Å². The lowest BCUT2D eigenvalue weighted by molar-refractivity contribution is 0.318. The Kier molecular flexibility index (Phi) is 3.28. The van der Waals surface area contributed by atoms with Crippen molar-refractivity contribution in [2.24, 2.45) is 5.16 Å². The third-order valence-electron chi connectivity index (χ3n) is 4.81. The summed E-state index contributed by atoms with van der Waals surface area (Å²) in [5.74, 6) is 0. The molecule has 6 nitrogen and oxygen atoms in total. The van der Waals surface area contributed by atoms with Crippen molar-refractivity contribution in [2.45, 2.75) is 12.8 Å². The fourth-order valence-electron chi connectivity index (χ4n) is 3.59. The molecule has 6 heteroatoms. The van der Waals surface area contributed by atoms with Crippen molar-refractivity contribution >= 4 is 11.4 Å². The van der Waals surface area contributed by atoms with Crippen LogP contribution in [-0.2, 0) is 6.42 Å². The first-order valence-corrected chi connectivity index (χ1v) is 8.43. The Balaban J connectivity index is 1.77. The van der Waals surface area contributed by atoms with E-state index in [1.807, 2.05) is 36.5 Å². The summed E-state index contributed by atoms with van der Waals surface area (Å²) in [6.07, 6.45) is 8.85. The Hall–Kier alpha value is -3.54. The molecule has 0 amide bonds.